The fraction of sp³-hybridized carbons (Fsp3) is 0.263. The first kappa shape index (κ1) is 17.1. The molecule has 0 bridgehead atoms. The van der Waals surface area contributed by atoms with Crippen LogP contribution in [0.15, 0.2) is 39.9 Å². The molecule has 0 saturated heterocycles. The molecule has 0 saturated carbocycles. The summed E-state index contributed by atoms with van der Waals surface area (Å²) in [6.07, 6.45) is 0. The zero-order valence-electron chi connectivity index (χ0n) is 14.3. The molecule has 0 spiro atoms. The standard InChI is InChI=1S/C19H18ClN3O2/c1-4-22-16-12-15(11-8-13-6-9-14(20)10-7-13)21(3)17(16)18(24)23(5-2)19(22)25/h6-7,9-10,12H,4-5H2,1-3H3. The van der Waals surface area contributed by atoms with E-state index in [1.54, 1.807) is 41.3 Å². The summed E-state index contributed by atoms with van der Waals surface area (Å²) < 4.78 is 4.61. The molecule has 2 heterocycles. The topological polar surface area (TPSA) is 48.9 Å². The van der Waals surface area contributed by atoms with Crippen molar-refractivity contribution in [1.82, 2.24) is 13.7 Å². The van der Waals surface area contributed by atoms with Gasteiger partial charge < -0.3 is 4.57 Å². The molecule has 0 aliphatic rings. The molecule has 25 heavy (non-hydrogen) atoms. The molecule has 0 amide bonds. The molecule has 2 aromatic heterocycles. The first-order valence-corrected chi connectivity index (χ1v) is 8.46. The first-order chi connectivity index (χ1) is 12.0. The van der Waals surface area contributed by atoms with Crippen molar-refractivity contribution >= 4 is 22.6 Å². The monoisotopic (exact) mass is 355 g/mol. The second kappa shape index (κ2) is 6.66. The van der Waals surface area contributed by atoms with Gasteiger partial charge in [0.25, 0.3) is 5.56 Å². The summed E-state index contributed by atoms with van der Waals surface area (Å²) >= 11 is 5.88. The van der Waals surface area contributed by atoms with Gasteiger partial charge in [0.1, 0.15) is 5.52 Å². The Morgan fingerprint density at radius 2 is 1.64 bits per heavy atom. The number of fused-ring (bicyclic) bond motifs is 1. The van der Waals surface area contributed by atoms with Crippen LogP contribution in [0.2, 0.25) is 5.02 Å². The number of benzene rings is 1. The number of aryl methyl sites for hydroxylation is 2. The van der Waals surface area contributed by atoms with Crippen molar-refractivity contribution in [1.29, 1.82) is 0 Å². The molecule has 0 aliphatic carbocycles. The molecule has 0 N–H and O–H groups in total. The average molecular weight is 356 g/mol. The van der Waals surface area contributed by atoms with Crippen LogP contribution in [-0.2, 0) is 20.1 Å². The third kappa shape index (κ3) is 2.90. The van der Waals surface area contributed by atoms with E-state index in [4.69, 9.17) is 11.6 Å². The zero-order valence-corrected chi connectivity index (χ0v) is 15.1. The molecule has 0 fully saturated rings. The minimum Gasteiger partial charge on any atom is -0.331 e. The summed E-state index contributed by atoms with van der Waals surface area (Å²) in [5.74, 6) is 6.14. The maximum Gasteiger partial charge on any atom is 0.331 e. The van der Waals surface area contributed by atoms with Crippen LogP contribution in [0.3, 0.4) is 0 Å². The Labute approximate surface area is 150 Å². The lowest BCUT2D eigenvalue weighted by molar-refractivity contribution is 0.606. The molecule has 5 nitrogen and oxygen atoms in total. The number of halogens is 1. The molecule has 1 aromatic carbocycles. The summed E-state index contributed by atoms with van der Waals surface area (Å²) in [4.78, 5) is 25.1. The second-order valence-electron chi connectivity index (χ2n) is 5.66. The van der Waals surface area contributed by atoms with Crippen LogP contribution < -0.4 is 11.2 Å². The highest BCUT2D eigenvalue weighted by atomic mass is 35.5. The van der Waals surface area contributed by atoms with E-state index in [1.807, 2.05) is 19.1 Å². The summed E-state index contributed by atoms with van der Waals surface area (Å²) in [6, 6.07) is 9.03. The van der Waals surface area contributed by atoms with Gasteiger partial charge in [0, 0.05) is 30.7 Å². The van der Waals surface area contributed by atoms with Crippen molar-refractivity contribution < 1.29 is 0 Å². The highest BCUT2D eigenvalue weighted by molar-refractivity contribution is 6.30. The highest BCUT2D eigenvalue weighted by Gasteiger charge is 2.16. The van der Waals surface area contributed by atoms with Crippen molar-refractivity contribution in [2.45, 2.75) is 26.9 Å². The summed E-state index contributed by atoms with van der Waals surface area (Å²) in [5, 5.41) is 0.655. The predicted octanol–water partition coefficient (Wildman–Crippen LogP) is 2.59. The third-order valence-corrected chi connectivity index (χ3v) is 4.48. The lowest BCUT2D eigenvalue weighted by Crippen LogP contribution is -2.39. The molecule has 0 aliphatic heterocycles. The van der Waals surface area contributed by atoms with Gasteiger partial charge in [-0.3, -0.25) is 13.9 Å². The molecule has 0 atom stereocenters. The Morgan fingerprint density at radius 1 is 1.00 bits per heavy atom. The summed E-state index contributed by atoms with van der Waals surface area (Å²) in [7, 11) is 1.79. The third-order valence-electron chi connectivity index (χ3n) is 4.22. The molecule has 6 heteroatoms. The van der Waals surface area contributed by atoms with Crippen LogP contribution in [0.1, 0.15) is 25.1 Å². The lowest BCUT2D eigenvalue weighted by atomic mass is 10.2. The quantitative estimate of drug-likeness (QED) is 0.663. The van der Waals surface area contributed by atoms with Gasteiger partial charge in [-0.2, -0.15) is 0 Å². The van der Waals surface area contributed by atoms with E-state index < -0.39 is 0 Å². The first-order valence-electron chi connectivity index (χ1n) is 8.08. The molecule has 3 aromatic rings. The van der Waals surface area contributed by atoms with E-state index in [0.29, 0.717) is 34.8 Å². The summed E-state index contributed by atoms with van der Waals surface area (Å²) in [5.41, 5.74) is 2.04. The van der Waals surface area contributed by atoms with Crippen molar-refractivity contribution in [3.8, 4) is 11.8 Å². The van der Waals surface area contributed by atoms with E-state index in [1.165, 1.54) is 4.57 Å². The van der Waals surface area contributed by atoms with E-state index in [2.05, 4.69) is 11.8 Å². The fourth-order valence-corrected chi connectivity index (χ4v) is 3.01. The van der Waals surface area contributed by atoms with Crippen LogP contribution in [0.4, 0.5) is 0 Å². The van der Waals surface area contributed by atoms with Crippen LogP contribution in [0.5, 0.6) is 0 Å². The largest absolute Gasteiger partial charge is 0.331 e. The number of hydrogen-bond acceptors (Lipinski definition) is 2. The molecule has 3 rings (SSSR count). The van der Waals surface area contributed by atoms with E-state index in [-0.39, 0.29) is 11.2 Å². The van der Waals surface area contributed by atoms with E-state index >= 15 is 0 Å². The van der Waals surface area contributed by atoms with Crippen molar-refractivity contribution in [2.24, 2.45) is 7.05 Å². The van der Waals surface area contributed by atoms with Gasteiger partial charge in [-0.05, 0) is 50.1 Å². The van der Waals surface area contributed by atoms with Crippen LogP contribution in [0.25, 0.3) is 11.0 Å². The molecular weight excluding hydrogens is 338 g/mol. The zero-order chi connectivity index (χ0) is 18.1. The number of hydrogen-bond donors (Lipinski definition) is 0. The van der Waals surface area contributed by atoms with Crippen LogP contribution >= 0.6 is 11.6 Å². The predicted molar refractivity (Wildman–Crippen MR) is 100 cm³/mol. The van der Waals surface area contributed by atoms with E-state index in [9.17, 15) is 9.59 Å². The van der Waals surface area contributed by atoms with Crippen molar-refractivity contribution in [2.75, 3.05) is 0 Å². The molecule has 128 valence electrons. The number of rotatable bonds is 2. The van der Waals surface area contributed by atoms with Crippen LogP contribution in [-0.4, -0.2) is 13.7 Å². The van der Waals surface area contributed by atoms with Gasteiger partial charge in [-0.25, -0.2) is 4.79 Å². The normalized spacial score (nSPS) is 10.7. The molecule has 0 unspecified atom stereocenters. The minimum absolute atomic E-state index is 0.283. The second-order valence-corrected chi connectivity index (χ2v) is 6.09. The van der Waals surface area contributed by atoms with Gasteiger partial charge in [-0.1, -0.05) is 17.5 Å². The molecule has 0 radical (unpaired) electrons. The Balaban J connectivity index is 2.24. The number of nitrogens with zero attached hydrogens (tertiary/aromatic N) is 3. The maximum absolute atomic E-state index is 12.7. The SMILES string of the molecule is CCn1c(=O)c2c(cc(C#Cc3ccc(Cl)cc3)n2C)n(CC)c1=O. The Hall–Kier alpha value is -2.71. The smallest absolute Gasteiger partial charge is 0.331 e. The van der Waals surface area contributed by atoms with Gasteiger partial charge in [0.15, 0.2) is 0 Å². The molecular formula is C19H18ClN3O2. The lowest BCUT2D eigenvalue weighted by Gasteiger charge is -2.09. The minimum atomic E-state index is -0.287. The van der Waals surface area contributed by atoms with Gasteiger partial charge in [0.05, 0.1) is 11.2 Å². The van der Waals surface area contributed by atoms with Gasteiger partial charge in [-0.15, -0.1) is 0 Å². The van der Waals surface area contributed by atoms with Gasteiger partial charge in [0.2, 0.25) is 0 Å². The number of aromatic nitrogens is 3. The van der Waals surface area contributed by atoms with Crippen molar-refractivity contribution in [3.05, 3.63) is 67.4 Å². The maximum atomic E-state index is 12.7. The van der Waals surface area contributed by atoms with Crippen LogP contribution in [0, 0.1) is 11.8 Å². The van der Waals surface area contributed by atoms with Gasteiger partial charge >= 0.3 is 5.69 Å². The Morgan fingerprint density at radius 3 is 2.24 bits per heavy atom. The Kier molecular flexibility index (Phi) is 4.56. The fourth-order valence-electron chi connectivity index (χ4n) is 2.88. The summed E-state index contributed by atoms with van der Waals surface area (Å²) in [6.45, 7) is 4.50. The Bertz CT molecular complexity index is 1120. The van der Waals surface area contributed by atoms with E-state index in [0.717, 1.165) is 5.56 Å². The average Bonchev–Trinajstić information content (AvgIpc) is 2.92. The van der Waals surface area contributed by atoms with Crippen molar-refractivity contribution in [3.63, 3.8) is 0 Å². The highest BCUT2D eigenvalue weighted by Crippen LogP contribution is 2.14.